The Bertz CT molecular complexity index is 923. The highest BCUT2D eigenvalue weighted by molar-refractivity contribution is 7.08. The number of nitrogens with zero attached hydrogens (tertiary/aromatic N) is 1. The Morgan fingerprint density at radius 3 is 2.73 bits per heavy atom. The molecule has 2 heterocycles. The van der Waals surface area contributed by atoms with Gasteiger partial charge in [0.25, 0.3) is 0 Å². The highest BCUT2D eigenvalue weighted by atomic mass is 32.1. The van der Waals surface area contributed by atoms with Crippen LogP contribution in [0.2, 0.25) is 0 Å². The fourth-order valence-electron chi connectivity index (χ4n) is 4.24. The minimum absolute atomic E-state index is 0.107. The van der Waals surface area contributed by atoms with E-state index in [1.165, 1.54) is 22.3 Å². The summed E-state index contributed by atoms with van der Waals surface area (Å²) in [5.41, 5.74) is 5.22. The van der Waals surface area contributed by atoms with E-state index in [0.717, 1.165) is 51.9 Å². The maximum absolute atomic E-state index is 12.7. The lowest BCUT2D eigenvalue weighted by molar-refractivity contribution is -0.126. The smallest absolute Gasteiger partial charge is 0.224 e. The predicted octanol–water partition coefficient (Wildman–Crippen LogP) is 5.38. The van der Waals surface area contributed by atoms with Crippen LogP contribution in [0.5, 0.6) is 0 Å². The molecule has 1 N–H and O–H groups in total. The molecule has 3 aromatic rings. The number of carbonyl (C=O) groups excluding carboxylic acids is 1. The van der Waals surface area contributed by atoms with E-state index in [2.05, 4.69) is 75.6 Å². The van der Waals surface area contributed by atoms with Crippen molar-refractivity contribution in [1.29, 1.82) is 0 Å². The molecule has 1 aromatic heterocycles. The lowest BCUT2D eigenvalue weighted by Crippen LogP contribution is -2.42. The molecule has 1 amide bonds. The van der Waals surface area contributed by atoms with Crippen LogP contribution in [-0.2, 0) is 17.8 Å². The summed E-state index contributed by atoms with van der Waals surface area (Å²) < 4.78 is 0. The fourth-order valence-corrected chi connectivity index (χ4v) is 4.91. The number of nitrogens with one attached hydrogen (secondary N) is 1. The largest absolute Gasteiger partial charge is 0.356 e. The van der Waals surface area contributed by atoms with Crippen molar-refractivity contribution in [2.75, 3.05) is 19.6 Å². The molecule has 1 fully saturated rings. The zero-order chi connectivity index (χ0) is 20.6. The first-order valence-corrected chi connectivity index (χ1v) is 11.9. The molecule has 4 heteroatoms. The Morgan fingerprint density at radius 2 is 1.90 bits per heavy atom. The highest BCUT2D eigenvalue weighted by Gasteiger charge is 2.25. The van der Waals surface area contributed by atoms with Crippen LogP contribution < -0.4 is 5.32 Å². The third kappa shape index (κ3) is 5.80. The second-order valence-corrected chi connectivity index (χ2v) is 8.95. The molecule has 0 saturated carbocycles. The molecule has 1 aliphatic heterocycles. The zero-order valence-corrected chi connectivity index (χ0v) is 18.2. The average Bonchev–Trinajstić information content (AvgIpc) is 3.33. The monoisotopic (exact) mass is 418 g/mol. The summed E-state index contributed by atoms with van der Waals surface area (Å²) in [6.45, 7) is 3.59. The third-order valence-corrected chi connectivity index (χ3v) is 6.53. The Kier molecular flexibility index (Phi) is 7.33. The molecule has 3 nitrogen and oxygen atoms in total. The maximum Gasteiger partial charge on any atom is 0.224 e. The summed E-state index contributed by atoms with van der Waals surface area (Å²) in [5, 5.41) is 7.48. The van der Waals surface area contributed by atoms with Gasteiger partial charge < -0.3 is 5.32 Å². The quantitative estimate of drug-likeness (QED) is 0.498. The molecule has 4 rings (SSSR count). The second kappa shape index (κ2) is 10.6. The molecule has 1 atom stereocenters. The van der Waals surface area contributed by atoms with E-state index in [1.807, 2.05) is 6.07 Å². The van der Waals surface area contributed by atoms with Crippen molar-refractivity contribution in [3.63, 3.8) is 0 Å². The number of hydrogen-bond donors (Lipinski definition) is 1. The number of piperidine rings is 1. The summed E-state index contributed by atoms with van der Waals surface area (Å²) in [4.78, 5) is 15.1. The SMILES string of the molecule is O=C(NCCCc1ccccc1)C1CCCN(Cc2cccc(-c3ccsc3)c2)C1. The van der Waals surface area contributed by atoms with Crippen molar-refractivity contribution in [2.24, 2.45) is 5.92 Å². The molecule has 0 radical (unpaired) electrons. The number of likely N-dealkylation sites (tertiary alicyclic amines) is 1. The molecule has 0 bridgehead atoms. The van der Waals surface area contributed by atoms with Gasteiger partial charge in [0, 0.05) is 19.6 Å². The Hall–Kier alpha value is -2.43. The number of amides is 1. The van der Waals surface area contributed by atoms with Crippen LogP contribution >= 0.6 is 11.3 Å². The summed E-state index contributed by atoms with van der Waals surface area (Å²) in [6.07, 6.45) is 4.09. The van der Waals surface area contributed by atoms with Gasteiger partial charge in [0.2, 0.25) is 5.91 Å². The molecule has 1 unspecified atom stereocenters. The first-order valence-electron chi connectivity index (χ1n) is 10.9. The van der Waals surface area contributed by atoms with Gasteiger partial charge in [-0.3, -0.25) is 9.69 Å². The van der Waals surface area contributed by atoms with E-state index in [-0.39, 0.29) is 11.8 Å². The molecule has 2 aromatic carbocycles. The summed E-state index contributed by atoms with van der Waals surface area (Å²) in [6, 6.07) is 21.4. The average molecular weight is 419 g/mol. The van der Waals surface area contributed by atoms with Crippen LogP contribution in [0.3, 0.4) is 0 Å². The van der Waals surface area contributed by atoms with Gasteiger partial charge in [0.05, 0.1) is 5.92 Å². The molecule has 1 aliphatic rings. The van der Waals surface area contributed by atoms with Gasteiger partial charge in [-0.05, 0) is 77.4 Å². The normalized spacial score (nSPS) is 17.0. The van der Waals surface area contributed by atoms with Gasteiger partial charge >= 0.3 is 0 Å². The zero-order valence-electron chi connectivity index (χ0n) is 17.4. The molecular weight excluding hydrogens is 388 g/mol. The molecule has 0 spiro atoms. The van der Waals surface area contributed by atoms with Crippen LogP contribution in [0.15, 0.2) is 71.4 Å². The minimum atomic E-state index is 0.107. The molecule has 156 valence electrons. The van der Waals surface area contributed by atoms with E-state index < -0.39 is 0 Å². The summed E-state index contributed by atoms with van der Waals surface area (Å²) in [5.74, 6) is 0.329. The van der Waals surface area contributed by atoms with Crippen molar-refractivity contribution >= 4 is 17.2 Å². The van der Waals surface area contributed by atoms with Gasteiger partial charge in [-0.2, -0.15) is 11.3 Å². The second-order valence-electron chi connectivity index (χ2n) is 8.17. The number of hydrogen-bond acceptors (Lipinski definition) is 3. The van der Waals surface area contributed by atoms with Crippen molar-refractivity contribution in [3.8, 4) is 11.1 Å². The van der Waals surface area contributed by atoms with E-state index in [9.17, 15) is 4.79 Å². The van der Waals surface area contributed by atoms with Crippen LogP contribution in [0.25, 0.3) is 11.1 Å². The van der Waals surface area contributed by atoms with Gasteiger partial charge in [-0.1, -0.05) is 48.5 Å². The van der Waals surface area contributed by atoms with E-state index in [1.54, 1.807) is 11.3 Å². The first-order chi connectivity index (χ1) is 14.8. The molecular formula is C26H30N2OS. The van der Waals surface area contributed by atoms with Crippen LogP contribution in [0.1, 0.15) is 30.4 Å². The van der Waals surface area contributed by atoms with Crippen LogP contribution in [0, 0.1) is 5.92 Å². The minimum Gasteiger partial charge on any atom is -0.356 e. The van der Waals surface area contributed by atoms with Gasteiger partial charge in [0.1, 0.15) is 0 Å². The topological polar surface area (TPSA) is 32.3 Å². The fraction of sp³-hybridized carbons (Fsp3) is 0.346. The number of thiophene rings is 1. The number of aryl methyl sites for hydroxylation is 1. The Morgan fingerprint density at radius 1 is 1.03 bits per heavy atom. The third-order valence-electron chi connectivity index (χ3n) is 5.85. The van der Waals surface area contributed by atoms with Crippen molar-refractivity contribution in [2.45, 2.75) is 32.2 Å². The van der Waals surface area contributed by atoms with E-state index in [4.69, 9.17) is 0 Å². The van der Waals surface area contributed by atoms with Crippen molar-refractivity contribution in [1.82, 2.24) is 10.2 Å². The van der Waals surface area contributed by atoms with Crippen molar-refractivity contribution in [3.05, 3.63) is 82.6 Å². The standard InChI is InChI=1S/C26H30N2OS/c29-26(27-14-5-10-21-7-2-1-3-8-21)24-12-6-15-28(19-24)18-22-9-4-11-23(17-22)25-13-16-30-20-25/h1-4,7-9,11,13,16-17,20,24H,5-6,10,12,14-15,18-19H2,(H,27,29). The predicted molar refractivity (Wildman–Crippen MR) is 126 cm³/mol. The maximum atomic E-state index is 12.7. The number of benzene rings is 2. The van der Waals surface area contributed by atoms with Gasteiger partial charge in [0.15, 0.2) is 0 Å². The molecule has 30 heavy (non-hydrogen) atoms. The number of carbonyl (C=O) groups is 1. The number of rotatable bonds is 8. The van der Waals surface area contributed by atoms with Gasteiger partial charge in [-0.25, -0.2) is 0 Å². The van der Waals surface area contributed by atoms with Crippen molar-refractivity contribution < 1.29 is 4.79 Å². The summed E-state index contributed by atoms with van der Waals surface area (Å²) in [7, 11) is 0. The highest BCUT2D eigenvalue weighted by Crippen LogP contribution is 2.24. The lowest BCUT2D eigenvalue weighted by Gasteiger charge is -2.32. The summed E-state index contributed by atoms with van der Waals surface area (Å²) >= 11 is 1.73. The Labute approximate surface area is 183 Å². The van der Waals surface area contributed by atoms with Crippen LogP contribution in [0.4, 0.5) is 0 Å². The van der Waals surface area contributed by atoms with Gasteiger partial charge in [-0.15, -0.1) is 0 Å². The van der Waals surface area contributed by atoms with Crippen LogP contribution in [-0.4, -0.2) is 30.4 Å². The first kappa shape index (κ1) is 20.8. The van der Waals surface area contributed by atoms with E-state index in [0.29, 0.717) is 0 Å². The lowest BCUT2D eigenvalue weighted by atomic mass is 9.96. The van der Waals surface area contributed by atoms with E-state index >= 15 is 0 Å². The molecule has 1 saturated heterocycles. The molecule has 0 aliphatic carbocycles. The Balaban J connectivity index is 1.25.